The molecule has 5 rings (SSSR count). The predicted molar refractivity (Wildman–Crippen MR) is 170 cm³/mol. The Morgan fingerprint density at radius 3 is 2.50 bits per heavy atom. The molecule has 11 heteroatoms. The zero-order valence-corrected chi connectivity index (χ0v) is 25.9. The van der Waals surface area contributed by atoms with Gasteiger partial charge in [-0.1, -0.05) is 44.2 Å². The van der Waals surface area contributed by atoms with E-state index in [0.29, 0.717) is 11.8 Å². The molecule has 2 N–H and O–H groups in total. The molecule has 7 nitrogen and oxygen atoms in total. The Bertz CT molecular complexity index is 1400. The fourth-order valence-electron chi connectivity index (χ4n) is 4.40. The first-order valence-corrected chi connectivity index (χ1v) is 15.4. The zero-order valence-electron chi connectivity index (χ0n) is 24.2. The second-order valence-electron chi connectivity index (χ2n) is 9.50. The summed E-state index contributed by atoms with van der Waals surface area (Å²) in [7, 11) is 4.07. The van der Waals surface area contributed by atoms with Crippen LogP contribution in [0.4, 0.5) is 19.3 Å². The number of aromatic nitrogens is 1. The zero-order chi connectivity index (χ0) is 30.5. The standard InChI is InChI=1S/C20H21F2N3O2S.C9H10N2S.C2H6/c21-16-9-14(10-17(22)12-16)11-18(13-26)23-20(27)24-28-25-8-4-7-19(25)15-5-2-1-3-6-15;1-11(2)7-3-4-9-8(5-7)10-6-12-9;1-2/h1-3,5-6,9-10,12-13,18-19H,4,7-8,11H2,(H2,23,24,27);3-6H,1-2H3;1-2H3. The number of thiazole rings is 1. The monoisotopic (exact) mass is 613 g/mol. The molecular formula is C31H37F2N5O2S2. The number of fused-ring (bicyclic) bond motifs is 1. The molecule has 42 heavy (non-hydrogen) atoms. The first-order chi connectivity index (χ1) is 20.3. The van der Waals surface area contributed by atoms with Crippen molar-refractivity contribution < 1.29 is 18.4 Å². The second-order valence-corrected chi connectivity index (χ2v) is 11.2. The van der Waals surface area contributed by atoms with Crippen LogP contribution in [0.3, 0.4) is 0 Å². The number of rotatable bonds is 8. The number of carbonyl (C=O) groups is 2. The summed E-state index contributed by atoms with van der Waals surface area (Å²) in [6.07, 6.45) is 2.59. The highest BCUT2D eigenvalue weighted by Gasteiger charge is 2.27. The maximum atomic E-state index is 13.3. The van der Waals surface area contributed by atoms with E-state index >= 15 is 0 Å². The third-order valence-electron chi connectivity index (χ3n) is 6.33. The number of anilines is 1. The maximum Gasteiger partial charge on any atom is 0.326 e. The summed E-state index contributed by atoms with van der Waals surface area (Å²) in [5, 5.41) is 2.52. The van der Waals surface area contributed by atoms with Crippen LogP contribution in [0.15, 0.2) is 72.2 Å². The van der Waals surface area contributed by atoms with Crippen molar-refractivity contribution in [2.45, 2.75) is 45.2 Å². The highest BCUT2D eigenvalue weighted by Crippen LogP contribution is 2.35. The quantitative estimate of drug-likeness (QED) is 0.162. The number of carbonyl (C=O) groups excluding carboxylic acids is 2. The molecule has 1 aliphatic heterocycles. The summed E-state index contributed by atoms with van der Waals surface area (Å²) >= 11 is 2.87. The van der Waals surface area contributed by atoms with Gasteiger partial charge in [-0.05, 0) is 60.7 Å². The number of amides is 2. The molecule has 3 aromatic carbocycles. The van der Waals surface area contributed by atoms with Crippen LogP contribution < -0.4 is 14.9 Å². The van der Waals surface area contributed by atoms with Gasteiger partial charge in [0.15, 0.2) is 0 Å². The number of urea groups is 1. The van der Waals surface area contributed by atoms with E-state index in [0.717, 1.165) is 43.1 Å². The number of nitrogens with one attached hydrogen (secondary N) is 2. The molecule has 1 aliphatic rings. The molecule has 0 aliphatic carbocycles. The molecule has 0 radical (unpaired) electrons. The van der Waals surface area contributed by atoms with Crippen LogP contribution in [0.1, 0.15) is 43.9 Å². The third kappa shape index (κ3) is 9.78. The Hall–Kier alpha value is -3.54. The number of benzene rings is 3. The lowest BCUT2D eigenvalue weighted by atomic mass is 10.1. The van der Waals surface area contributed by atoms with Crippen molar-refractivity contribution in [1.29, 1.82) is 0 Å². The lowest BCUT2D eigenvalue weighted by Gasteiger charge is -2.23. The van der Waals surface area contributed by atoms with Crippen molar-refractivity contribution in [3.05, 3.63) is 95.0 Å². The van der Waals surface area contributed by atoms with Gasteiger partial charge in [-0.3, -0.25) is 4.72 Å². The molecule has 2 unspecified atom stereocenters. The van der Waals surface area contributed by atoms with Gasteiger partial charge in [-0.15, -0.1) is 11.3 Å². The van der Waals surface area contributed by atoms with E-state index < -0.39 is 23.7 Å². The Kier molecular flexibility index (Phi) is 13.2. The molecule has 2 amide bonds. The topological polar surface area (TPSA) is 77.6 Å². The van der Waals surface area contributed by atoms with E-state index in [9.17, 15) is 18.4 Å². The predicted octanol–water partition coefficient (Wildman–Crippen LogP) is 7.16. The van der Waals surface area contributed by atoms with Crippen LogP contribution in [-0.2, 0) is 11.2 Å². The number of nitrogens with zero attached hydrogens (tertiary/aromatic N) is 3. The van der Waals surface area contributed by atoms with Crippen molar-refractivity contribution >= 4 is 51.7 Å². The van der Waals surface area contributed by atoms with E-state index in [1.54, 1.807) is 11.3 Å². The first kappa shape index (κ1) is 33.0. The molecule has 0 spiro atoms. The minimum absolute atomic E-state index is 0.00657. The van der Waals surface area contributed by atoms with Crippen molar-refractivity contribution in [1.82, 2.24) is 19.3 Å². The van der Waals surface area contributed by atoms with Gasteiger partial charge in [0.25, 0.3) is 0 Å². The summed E-state index contributed by atoms with van der Waals surface area (Å²) in [5.41, 5.74) is 5.66. The summed E-state index contributed by atoms with van der Waals surface area (Å²) in [6.45, 7) is 4.84. The van der Waals surface area contributed by atoms with Gasteiger partial charge in [-0.25, -0.2) is 22.9 Å². The molecular weight excluding hydrogens is 577 g/mol. The number of hydrogen-bond donors (Lipinski definition) is 2. The fraction of sp³-hybridized carbons (Fsp3) is 0.323. The summed E-state index contributed by atoms with van der Waals surface area (Å²) < 4.78 is 32.6. The maximum absolute atomic E-state index is 13.3. The van der Waals surface area contributed by atoms with Gasteiger partial charge in [0, 0.05) is 50.6 Å². The van der Waals surface area contributed by atoms with E-state index in [1.165, 1.54) is 28.1 Å². The molecule has 1 aromatic heterocycles. The average Bonchev–Trinajstić information content (AvgIpc) is 3.66. The molecule has 2 atom stereocenters. The third-order valence-corrected chi connectivity index (χ3v) is 8.09. The summed E-state index contributed by atoms with van der Waals surface area (Å²) in [6, 6.07) is 18.2. The van der Waals surface area contributed by atoms with Gasteiger partial charge < -0.3 is 15.0 Å². The van der Waals surface area contributed by atoms with Crippen LogP contribution in [-0.4, -0.2) is 48.3 Å². The van der Waals surface area contributed by atoms with Gasteiger partial charge >= 0.3 is 6.03 Å². The molecule has 1 fully saturated rings. The van der Waals surface area contributed by atoms with E-state index in [2.05, 4.69) is 54.6 Å². The average molecular weight is 614 g/mol. The highest BCUT2D eigenvalue weighted by atomic mass is 32.2. The molecule has 1 saturated heterocycles. The largest absolute Gasteiger partial charge is 0.378 e. The van der Waals surface area contributed by atoms with E-state index in [1.807, 2.05) is 51.7 Å². The van der Waals surface area contributed by atoms with Gasteiger partial charge in [-0.2, -0.15) is 0 Å². The lowest BCUT2D eigenvalue weighted by Crippen LogP contribution is -2.42. The first-order valence-electron chi connectivity index (χ1n) is 13.8. The Labute approximate surface area is 254 Å². The molecule has 0 saturated carbocycles. The normalized spacial score (nSPS) is 15.0. The summed E-state index contributed by atoms with van der Waals surface area (Å²) in [5.74, 6) is -1.44. The SMILES string of the molecule is CC.CN(C)c1ccc2scnc2c1.O=CC(Cc1cc(F)cc(F)c1)NC(=O)NSN1CCCC1c1ccccc1. The van der Waals surface area contributed by atoms with Crippen LogP contribution in [0.5, 0.6) is 0 Å². The Morgan fingerprint density at radius 2 is 1.83 bits per heavy atom. The van der Waals surface area contributed by atoms with E-state index in [4.69, 9.17) is 0 Å². The van der Waals surface area contributed by atoms with Crippen LogP contribution >= 0.6 is 23.5 Å². The van der Waals surface area contributed by atoms with E-state index in [-0.39, 0.29) is 12.5 Å². The van der Waals surface area contributed by atoms with Crippen molar-refractivity contribution in [2.75, 3.05) is 25.5 Å². The van der Waals surface area contributed by atoms with Crippen molar-refractivity contribution in [3.8, 4) is 0 Å². The second kappa shape index (κ2) is 16.8. The van der Waals surface area contributed by atoms with Crippen molar-refractivity contribution in [3.63, 3.8) is 0 Å². The van der Waals surface area contributed by atoms with Gasteiger partial charge in [0.1, 0.15) is 17.9 Å². The number of hydrogen-bond acceptors (Lipinski definition) is 7. The van der Waals surface area contributed by atoms with Gasteiger partial charge in [0.05, 0.1) is 21.8 Å². The number of halogens is 2. The molecule has 4 aromatic rings. The van der Waals surface area contributed by atoms with Crippen LogP contribution in [0.25, 0.3) is 10.2 Å². The molecule has 0 bridgehead atoms. The Morgan fingerprint density at radius 1 is 1.12 bits per heavy atom. The summed E-state index contributed by atoms with van der Waals surface area (Å²) in [4.78, 5) is 29.8. The Balaban J connectivity index is 0.000000286. The lowest BCUT2D eigenvalue weighted by molar-refractivity contribution is -0.109. The smallest absolute Gasteiger partial charge is 0.326 e. The molecule has 224 valence electrons. The minimum atomic E-state index is -0.884. The number of aldehydes is 1. The van der Waals surface area contributed by atoms with Crippen molar-refractivity contribution in [2.24, 2.45) is 0 Å². The van der Waals surface area contributed by atoms with Crippen LogP contribution in [0.2, 0.25) is 0 Å². The minimum Gasteiger partial charge on any atom is -0.378 e. The van der Waals surface area contributed by atoms with Gasteiger partial charge in [0.2, 0.25) is 0 Å². The molecule has 2 heterocycles. The highest BCUT2D eigenvalue weighted by molar-refractivity contribution is 7.95. The fourth-order valence-corrected chi connectivity index (χ4v) is 5.89. The van der Waals surface area contributed by atoms with Crippen LogP contribution in [0, 0.1) is 11.6 Å².